The van der Waals surface area contributed by atoms with Crippen molar-refractivity contribution in [1.29, 1.82) is 0 Å². The SMILES string of the molecule is CCOC(=O)CCc1cccc(C2(C(=O)CBr)CCS(=O)(=O)CC2)c1. The van der Waals surface area contributed by atoms with E-state index in [-0.39, 0.29) is 35.0 Å². The van der Waals surface area contributed by atoms with Gasteiger partial charge in [-0.1, -0.05) is 40.2 Å². The number of hydrogen-bond donors (Lipinski definition) is 0. The number of aryl methyl sites for hydroxylation is 1. The molecule has 0 bridgehead atoms. The summed E-state index contributed by atoms with van der Waals surface area (Å²) in [4.78, 5) is 24.2. The Balaban J connectivity index is 2.25. The van der Waals surface area contributed by atoms with Gasteiger partial charge in [0.15, 0.2) is 5.78 Å². The molecule has 1 saturated heterocycles. The highest BCUT2D eigenvalue weighted by Crippen LogP contribution is 2.38. The first-order chi connectivity index (χ1) is 11.8. The number of Topliss-reactive ketones (excluding diaryl/α,β-unsaturated/α-hetero) is 1. The zero-order chi connectivity index (χ0) is 18.5. The van der Waals surface area contributed by atoms with Crippen LogP contribution in [0.1, 0.15) is 37.3 Å². The van der Waals surface area contributed by atoms with Gasteiger partial charge in [-0.15, -0.1) is 0 Å². The molecule has 0 radical (unpaired) electrons. The summed E-state index contributed by atoms with van der Waals surface area (Å²) in [5.41, 5.74) is 1.02. The minimum atomic E-state index is -3.07. The largest absolute Gasteiger partial charge is 0.466 e. The molecule has 1 aliphatic rings. The molecule has 0 amide bonds. The Morgan fingerprint density at radius 3 is 2.52 bits per heavy atom. The summed E-state index contributed by atoms with van der Waals surface area (Å²) in [7, 11) is -3.07. The maximum atomic E-state index is 12.6. The highest BCUT2D eigenvalue weighted by Gasteiger charge is 2.43. The molecule has 2 rings (SSSR count). The fourth-order valence-electron chi connectivity index (χ4n) is 3.25. The Morgan fingerprint density at radius 1 is 1.24 bits per heavy atom. The van der Waals surface area contributed by atoms with Crippen LogP contribution in [0.15, 0.2) is 24.3 Å². The number of ether oxygens (including phenoxy) is 1. The molecule has 0 unspecified atom stereocenters. The van der Waals surface area contributed by atoms with Gasteiger partial charge in [0.1, 0.15) is 9.84 Å². The first-order valence-electron chi connectivity index (χ1n) is 8.38. The second-order valence-corrected chi connectivity index (χ2v) is 9.16. The van der Waals surface area contributed by atoms with Crippen LogP contribution in [0, 0.1) is 0 Å². The third kappa shape index (κ3) is 4.91. The zero-order valence-corrected chi connectivity index (χ0v) is 16.7. The van der Waals surface area contributed by atoms with E-state index in [0.717, 1.165) is 11.1 Å². The molecule has 0 aromatic heterocycles. The molecule has 1 aliphatic heterocycles. The lowest BCUT2D eigenvalue weighted by Gasteiger charge is -2.36. The van der Waals surface area contributed by atoms with Gasteiger partial charge in [-0.25, -0.2) is 8.42 Å². The summed E-state index contributed by atoms with van der Waals surface area (Å²) in [5.74, 6) is -0.190. The average molecular weight is 431 g/mol. The Bertz CT molecular complexity index is 728. The molecule has 5 nitrogen and oxygen atoms in total. The predicted molar refractivity (Wildman–Crippen MR) is 99.8 cm³/mol. The number of sulfone groups is 1. The molecule has 138 valence electrons. The third-order valence-corrected chi connectivity index (χ3v) is 6.90. The zero-order valence-electron chi connectivity index (χ0n) is 14.3. The lowest BCUT2D eigenvalue weighted by molar-refractivity contribution is -0.143. The number of halogens is 1. The normalized spacial score (nSPS) is 18.5. The van der Waals surface area contributed by atoms with Crippen LogP contribution in [-0.4, -0.2) is 43.6 Å². The van der Waals surface area contributed by atoms with Crippen molar-refractivity contribution in [2.75, 3.05) is 23.4 Å². The summed E-state index contributed by atoms with van der Waals surface area (Å²) in [5, 5.41) is 0.195. The molecule has 0 aliphatic carbocycles. The van der Waals surface area contributed by atoms with Gasteiger partial charge in [0.25, 0.3) is 0 Å². The van der Waals surface area contributed by atoms with Crippen LogP contribution in [0.3, 0.4) is 0 Å². The molecule has 0 atom stereocenters. The van der Waals surface area contributed by atoms with Crippen LogP contribution in [0.5, 0.6) is 0 Å². The van der Waals surface area contributed by atoms with E-state index < -0.39 is 15.3 Å². The van der Waals surface area contributed by atoms with E-state index in [0.29, 0.717) is 25.9 Å². The Kier molecular flexibility index (Phi) is 6.79. The average Bonchev–Trinajstić information content (AvgIpc) is 2.60. The third-order valence-electron chi connectivity index (χ3n) is 4.74. The van der Waals surface area contributed by atoms with Crippen LogP contribution < -0.4 is 0 Å². The number of hydrogen-bond acceptors (Lipinski definition) is 5. The predicted octanol–water partition coefficient (Wildman–Crippen LogP) is 2.59. The second kappa shape index (κ2) is 8.45. The molecule has 1 aromatic carbocycles. The van der Waals surface area contributed by atoms with Gasteiger partial charge in [-0.05, 0) is 37.3 Å². The minimum absolute atomic E-state index is 0.00458. The van der Waals surface area contributed by atoms with Crippen LogP contribution >= 0.6 is 15.9 Å². The molecule has 0 N–H and O–H groups in total. The van der Waals surface area contributed by atoms with E-state index >= 15 is 0 Å². The minimum Gasteiger partial charge on any atom is -0.466 e. The molecule has 1 heterocycles. The van der Waals surface area contributed by atoms with Crippen molar-refractivity contribution in [1.82, 2.24) is 0 Å². The smallest absolute Gasteiger partial charge is 0.306 e. The maximum absolute atomic E-state index is 12.6. The molecule has 1 aromatic rings. The summed E-state index contributed by atoms with van der Waals surface area (Å²) >= 11 is 3.24. The summed E-state index contributed by atoms with van der Waals surface area (Å²) in [6, 6.07) is 7.58. The summed E-state index contributed by atoms with van der Waals surface area (Å²) < 4.78 is 28.6. The number of carbonyl (C=O) groups excluding carboxylic acids is 2. The highest BCUT2D eigenvalue weighted by atomic mass is 79.9. The number of carbonyl (C=O) groups is 2. The molecule has 25 heavy (non-hydrogen) atoms. The number of rotatable bonds is 7. The Labute approximate surface area is 157 Å². The maximum Gasteiger partial charge on any atom is 0.306 e. The van der Waals surface area contributed by atoms with Crippen LogP contribution in [0.25, 0.3) is 0 Å². The van der Waals surface area contributed by atoms with E-state index in [2.05, 4.69) is 15.9 Å². The van der Waals surface area contributed by atoms with E-state index in [1.54, 1.807) is 6.92 Å². The molecule has 0 saturated carbocycles. The van der Waals surface area contributed by atoms with Crippen molar-refractivity contribution >= 4 is 37.5 Å². The van der Waals surface area contributed by atoms with Gasteiger partial charge < -0.3 is 4.74 Å². The first-order valence-corrected chi connectivity index (χ1v) is 11.3. The first kappa shape index (κ1) is 20.1. The van der Waals surface area contributed by atoms with E-state index in [4.69, 9.17) is 4.74 Å². The standard InChI is InChI=1S/C18H23BrO5S/c1-2-24-17(21)7-6-14-4-3-5-15(12-14)18(16(20)13-19)8-10-25(22,23)11-9-18/h3-5,12H,2,6-11,13H2,1H3. The quantitative estimate of drug-likeness (QED) is 0.490. The van der Waals surface area contributed by atoms with Gasteiger partial charge in [0, 0.05) is 6.42 Å². The van der Waals surface area contributed by atoms with Crippen molar-refractivity contribution in [3.05, 3.63) is 35.4 Å². The molecule has 1 fully saturated rings. The van der Waals surface area contributed by atoms with Gasteiger partial charge in [0.2, 0.25) is 0 Å². The number of benzene rings is 1. The topological polar surface area (TPSA) is 77.5 Å². The summed E-state index contributed by atoms with van der Waals surface area (Å²) in [6.45, 7) is 2.13. The Hall–Kier alpha value is -1.21. The van der Waals surface area contributed by atoms with Gasteiger partial charge in [-0.3, -0.25) is 9.59 Å². The van der Waals surface area contributed by atoms with Gasteiger partial charge in [0.05, 0.1) is 28.9 Å². The van der Waals surface area contributed by atoms with Crippen molar-refractivity contribution < 1.29 is 22.7 Å². The molecular weight excluding hydrogens is 408 g/mol. The lowest BCUT2D eigenvalue weighted by Crippen LogP contribution is -2.44. The lowest BCUT2D eigenvalue weighted by atomic mass is 9.72. The Morgan fingerprint density at radius 2 is 1.92 bits per heavy atom. The van der Waals surface area contributed by atoms with Crippen LogP contribution in [0.4, 0.5) is 0 Å². The number of alkyl halides is 1. The molecular formula is C18H23BrO5S. The van der Waals surface area contributed by atoms with Gasteiger partial charge >= 0.3 is 5.97 Å². The van der Waals surface area contributed by atoms with Crippen LogP contribution in [0.2, 0.25) is 0 Å². The second-order valence-electron chi connectivity index (χ2n) is 6.30. The highest BCUT2D eigenvalue weighted by molar-refractivity contribution is 9.09. The van der Waals surface area contributed by atoms with Crippen molar-refractivity contribution in [2.24, 2.45) is 0 Å². The fourth-order valence-corrected chi connectivity index (χ4v) is 5.31. The summed E-state index contributed by atoms with van der Waals surface area (Å²) in [6.07, 6.45) is 1.43. The number of ketones is 1. The monoisotopic (exact) mass is 430 g/mol. The van der Waals surface area contributed by atoms with E-state index in [1.165, 1.54) is 0 Å². The molecule has 7 heteroatoms. The number of esters is 1. The van der Waals surface area contributed by atoms with Crippen LogP contribution in [-0.2, 0) is 36.0 Å². The van der Waals surface area contributed by atoms with Crippen molar-refractivity contribution in [3.8, 4) is 0 Å². The van der Waals surface area contributed by atoms with E-state index in [9.17, 15) is 18.0 Å². The van der Waals surface area contributed by atoms with Crippen molar-refractivity contribution in [2.45, 2.75) is 38.0 Å². The molecule has 0 spiro atoms. The van der Waals surface area contributed by atoms with E-state index in [1.807, 2.05) is 24.3 Å². The van der Waals surface area contributed by atoms with Crippen molar-refractivity contribution in [3.63, 3.8) is 0 Å². The fraction of sp³-hybridized carbons (Fsp3) is 0.556. The van der Waals surface area contributed by atoms with Gasteiger partial charge in [-0.2, -0.15) is 0 Å².